The molecule has 1 aliphatic carbocycles. The summed E-state index contributed by atoms with van der Waals surface area (Å²) in [5.74, 6) is 0. The molecule has 0 aliphatic heterocycles. The first-order valence-corrected chi connectivity index (χ1v) is 7.14. The van der Waals surface area contributed by atoms with Crippen LogP contribution < -0.4 is 11.5 Å². The van der Waals surface area contributed by atoms with Gasteiger partial charge in [0.05, 0.1) is 0 Å². The van der Waals surface area contributed by atoms with E-state index in [0.717, 1.165) is 13.1 Å². The quantitative estimate of drug-likeness (QED) is 0.708. The highest BCUT2D eigenvalue weighted by Crippen LogP contribution is 2.33. The minimum Gasteiger partial charge on any atom is -0.330 e. The molecule has 0 bridgehead atoms. The zero-order chi connectivity index (χ0) is 12.3. The van der Waals surface area contributed by atoms with Crippen molar-refractivity contribution in [2.75, 3.05) is 13.1 Å². The van der Waals surface area contributed by atoms with Crippen molar-refractivity contribution in [2.45, 2.75) is 71.6 Å². The Balaban J connectivity index is 0.000000325. The van der Waals surface area contributed by atoms with E-state index in [4.69, 9.17) is 11.5 Å². The van der Waals surface area contributed by atoms with Crippen LogP contribution >= 0.6 is 0 Å². The standard InChI is InChI=1S/C8H18N2.C6H14/c9-6-8(7-10)4-2-1-3-5-8;1-3-5-6-4-2/h1-7,9-10H2;3-6H2,1-2H3. The lowest BCUT2D eigenvalue weighted by Gasteiger charge is -2.34. The second-order valence-corrected chi connectivity index (χ2v) is 5.18. The Morgan fingerprint density at radius 3 is 1.50 bits per heavy atom. The minimum absolute atomic E-state index is 0.318. The van der Waals surface area contributed by atoms with Crippen molar-refractivity contribution >= 4 is 0 Å². The number of rotatable bonds is 5. The summed E-state index contributed by atoms with van der Waals surface area (Å²) in [5.41, 5.74) is 11.7. The average molecular weight is 228 g/mol. The molecule has 0 aromatic rings. The van der Waals surface area contributed by atoms with Gasteiger partial charge in [0.15, 0.2) is 0 Å². The molecule has 0 heterocycles. The van der Waals surface area contributed by atoms with Crippen LogP contribution in [0.1, 0.15) is 71.6 Å². The molecule has 2 heteroatoms. The summed E-state index contributed by atoms with van der Waals surface area (Å²) in [4.78, 5) is 0. The summed E-state index contributed by atoms with van der Waals surface area (Å²) in [6.07, 6.45) is 12.1. The van der Waals surface area contributed by atoms with Gasteiger partial charge in [-0.05, 0) is 31.3 Å². The molecule has 0 aromatic heterocycles. The second-order valence-electron chi connectivity index (χ2n) is 5.18. The molecule has 4 N–H and O–H groups in total. The van der Waals surface area contributed by atoms with Gasteiger partial charge in [0.1, 0.15) is 0 Å². The lowest BCUT2D eigenvalue weighted by molar-refractivity contribution is 0.208. The Kier molecular flexibility index (Phi) is 10.0. The fraction of sp³-hybridized carbons (Fsp3) is 1.00. The molecule has 1 saturated carbocycles. The van der Waals surface area contributed by atoms with Crippen molar-refractivity contribution < 1.29 is 0 Å². The lowest BCUT2D eigenvalue weighted by Crippen LogP contribution is -2.39. The maximum Gasteiger partial charge on any atom is -0.000844 e. The molecule has 16 heavy (non-hydrogen) atoms. The summed E-state index contributed by atoms with van der Waals surface area (Å²) < 4.78 is 0. The summed E-state index contributed by atoms with van der Waals surface area (Å²) in [7, 11) is 0. The van der Waals surface area contributed by atoms with Crippen LogP contribution in [0.2, 0.25) is 0 Å². The SMILES string of the molecule is CCCCCC.NCC1(CN)CCCCC1. The average Bonchev–Trinajstić information content (AvgIpc) is 2.38. The first-order chi connectivity index (χ1) is 7.74. The van der Waals surface area contributed by atoms with Crippen LogP contribution in [0, 0.1) is 5.41 Å². The van der Waals surface area contributed by atoms with Crippen LogP contribution in [0.5, 0.6) is 0 Å². The van der Waals surface area contributed by atoms with Gasteiger partial charge in [-0.15, -0.1) is 0 Å². The summed E-state index contributed by atoms with van der Waals surface area (Å²) in [6.45, 7) is 6.03. The Morgan fingerprint density at radius 2 is 1.25 bits per heavy atom. The summed E-state index contributed by atoms with van der Waals surface area (Å²) in [6, 6.07) is 0. The normalized spacial score (nSPS) is 18.8. The van der Waals surface area contributed by atoms with E-state index in [-0.39, 0.29) is 0 Å². The van der Waals surface area contributed by atoms with Crippen molar-refractivity contribution in [1.82, 2.24) is 0 Å². The maximum atomic E-state index is 5.67. The van der Waals surface area contributed by atoms with E-state index in [2.05, 4.69) is 13.8 Å². The Hall–Kier alpha value is -0.0800. The van der Waals surface area contributed by atoms with E-state index in [1.807, 2.05) is 0 Å². The molecule has 98 valence electrons. The number of hydrogen-bond donors (Lipinski definition) is 2. The molecule has 0 spiro atoms. The monoisotopic (exact) mass is 228 g/mol. The van der Waals surface area contributed by atoms with Crippen molar-refractivity contribution in [3.63, 3.8) is 0 Å². The molecule has 1 fully saturated rings. The van der Waals surface area contributed by atoms with Crippen LogP contribution in [0.4, 0.5) is 0 Å². The number of hydrogen-bond acceptors (Lipinski definition) is 2. The molecular weight excluding hydrogens is 196 g/mol. The van der Waals surface area contributed by atoms with Crippen molar-refractivity contribution in [3.05, 3.63) is 0 Å². The lowest BCUT2D eigenvalue weighted by atomic mass is 9.74. The van der Waals surface area contributed by atoms with Gasteiger partial charge in [-0.2, -0.15) is 0 Å². The fourth-order valence-electron chi connectivity index (χ4n) is 2.29. The highest BCUT2D eigenvalue weighted by atomic mass is 14.7. The topological polar surface area (TPSA) is 52.0 Å². The first kappa shape index (κ1) is 15.9. The third kappa shape index (κ3) is 6.49. The summed E-state index contributed by atoms with van der Waals surface area (Å²) in [5, 5.41) is 0. The minimum atomic E-state index is 0.318. The van der Waals surface area contributed by atoms with Crippen molar-refractivity contribution in [1.29, 1.82) is 0 Å². The molecule has 0 radical (unpaired) electrons. The van der Waals surface area contributed by atoms with Crippen molar-refractivity contribution in [2.24, 2.45) is 16.9 Å². The molecule has 1 rings (SSSR count). The third-order valence-corrected chi connectivity index (χ3v) is 3.74. The molecule has 2 nitrogen and oxygen atoms in total. The van der Waals surface area contributed by atoms with E-state index in [9.17, 15) is 0 Å². The Morgan fingerprint density at radius 1 is 0.812 bits per heavy atom. The highest BCUT2D eigenvalue weighted by Gasteiger charge is 2.28. The van der Waals surface area contributed by atoms with Gasteiger partial charge in [-0.3, -0.25) is 0 Å². The fourth-order valence-corrected chi connectivity index (χ4v) is 2.29. The van der Waals surface area contributed by atoms with E-state index >= 15 is 0 Å². The molecule has 0 saturated heterocycles. The zero-order valence-corrected chi connectivity index (χ0v) is 11.4. The Bertz CT molecular complexity index is 130. The third-order valence-electron chi connectivity index (χ3n) is 3.74. The summed E-state index contributed by atoms with van der Waals surface area (Å²) >= 11 is 0. The second kappa shape index (κ2) is 10.1. The zero-order valence-electron chi connectivity index (χ0n) is 11.4. The molecule has 0 atom stereocenters. The van der Waals surface area contributed by atoms with Gasteiger partial charge >= 0.3 is 0 Å². The van der Waals surface area contributed by atoms with Crippen LogP contribution in [0.25, 0.3) is 0 Å². The number of nitrogens with two attached hydrogens (primary N) is 2. The van der Waals surface area contributed by atoms with E-state index in [1.165, 1.54) is 57.8 Å². The van der Waals surface area contributed by atoms with E-state index < -0.39 is 0 Å². The largest absolute Gasteiger partial charge is 0.330 e. The van der Waals surface area contributed by atoms with E-state index in [0.29, 0.717) is 5.41 Å². The van der Waals surface area contributed by atoms with Gasteiger partial charge in [0.25, 0.3) is 0 Å². The predicted molar refractivity (Wildman–Crippen MR) is 73.4 cm³/mol. The van der Waals surface area contributed by atoms with Crippen LogP contribution in [-0.4, -0.2) is 13.1 Å². The highest BCUT2D eigenvalue weighted by molar-refractivity contribution is 4.84. The van der Waals surface area contributed by atoms with Gasteiger partial charge in [0.2, 0.25) is 0 Å². The Labute approximate surface area is 102 Å². The van der Waals surface area contributed by atoms with Gasteiger partial charge < -0.3 is 11.5 Å². The molecular formula is C14H32N2. The molecule has 0 aromatic carbocycles. The number of unbranched alkanes of at least 4 members (excludes halogenated alkanes) is 3. The smallest absolute Gasteiger partial charge is 0.000844 e. The van der Waals surface area contributed by atoms with Gasteiger partial charge in [-0.25, -0.2) is 0 Å². The van der Waals surface area contributed by atoms with E-state index in [1.54, 1.807) is 0 Å². The van der Waals surface area contributed by atoms with Gasteiger partial charge in [0, 0.05) is 0 Å². The first-order valence-electron chi connectivity index (χ1n) is 7.14. The molecule has 0 amide bonds. The molecule has 0 unspecified atom stereocenters. The van der Waals surface area contributed by atoms with Crippen LogP contribution in [0.15, 0.2) is 0 Å². The maximum absolute atomic E-state index is 5.67. The van der Waals surface area contributed by atoms with Gasteiger partial charge in [-0.1, -0.05) is 58.8 Å². The van der Waals surface area contributed by atoms with Crippen molar-refractivity contribution in [3.8, 4) is 0 Å². The van der Waals surface area contributed by atoms with Crippen LogP contribution in [-0.2, 0) is 0 Å². The predicted octanol–water partition coefficient (Wildman–Crippen LogP) is 3.44. The molecule has 1 aliphatic rings. The van der Waals surface area contributed by atoms with Crippen LogP contribution in [0.3, 0.4) is 0 Å².